The van der Waals surface area contributed by atoms with Crippen molar-refractivity contribution in [3.63, 3.8) is 0 Å². The lowest BCUT2D eigenvalue weighted by Gasteiger charge is -2.25. The number of carbonyl (C=O) groups is 1. The predicted molar refractivity (Wildman–Crippen MR) is 140 cm³/mol. The number of rotatable bonds is 6. The first-order chi connectivity index (χ1) is 18.0. The van der Waals surface area contributed by atoms with Gasteiger partial charge in [-0.1, -0.05) is 72.0 Å². The van der Waals surface area contributed by atoms with E-state index in [0.29, 0.717) is 31.9 Å². The topological polar surface area (TPSA) is 69.9 Å². The highest BCUT2D eigenvalue weighted by Gasteiger charge is 2.35. The minimum atomic E-state index is -0.856. The first-order valence-electron chi connectivity index (χ1n) is 11.7. The van der Waals surface area contributed by atoms with E-state index in [1.165, 1.54) is 28.0 Å². The monoisotopic (exact) mass is 514 g/mol. The lowest BCUT2D eigenvalue weighted by atomic mass is 9.93. The van der Waals surface area contributed by atoms with Crippen molar-refractivity contribution in [3.8, 4) is 5.75 Å². The molecule has 2 heterocycles. The lowest BCUT2D eigenvalue weighted by Crippen LogP contribution is -2.40. The SMILES string of the molecule is CCOC(=O)C1=C(c2ccccc2)N=c2s/c(=C/c3ccccc3OC)c(=O)n2[C@@H]1c1ccc(F)cc1. The van der Waals surface area contributed by atoms with Gasteiger partial charge in [0.15, 0.2) is 4.80 Å². The van der Waals surface area contributed by atoms with Crippen LogP contribution in [0, 0.1) is 5.82 Å². The van der Waals surface area contributed by atoms with Crippen LogP contribution in [-0.4, -0.2) is 24.3 Å². The van der Waals surface area contributed by atoms with Gasteiger partial charge in [0.25, 0.3) is 5.56 Å². The van der Waals surface area contributed by atoms with Crippen molar-refractivity contribution in [1.82, 2.24) is 4.57 Å². The van der Waals surface area contributed by atoms with Gasteiger partial charge >= 0.3 is 5.97 Å². The van der Waals surface area contributed by atoms with Crippen LogP contribution in [-0.2, 0) is 9.53 Å². The molecular weight excluding hydrogens is 491 g/mol. The van der Waals surface area contributed by atoms with Gasteiger partial charge in [0.05, 0.1) is 35.6 Å². The fourth-order valence-corrected chi connectivity index (χ4v) is 5.32. The molecule has 0 aliphatic carbocycles. The Morgan fingerprint density at radius 2 is 1.76 bits per heavy atom. The van der Waals surface area contributed by atoms with Gasteiger partial charge in [0.1, 0.15) is 11.6 Å². The third-order valence-electron chi connectivity index (χ3n) is 5.98. The molecule has 1 aliphatic heterocycles. The Bertz CT molecular complexity index is 1670. The van der Waals surface area contributed by atoms with Gasteiger partial charge < -0.3 is 9.47 Å². The van der Waals surface area contributed by atoms with Gasteiger partial charge in [-0.05, 0) is 36.8 Å². The molecule has 5 rings (SSSR count). The smallest absolute Gasteiger partial charge is 0.338 e. The Kier molecular flexibility index (Phi) is 6.83. The van der Waals surface area contributed by atoms with E-state index < -0.39 is 17.8 Å². The van der Waals surface area contributed by atoms with E-state index in [-0.39, 0.29) is 17.7 Å². The number of halogens is 1. The van der Waals surface area contributed by atoms with Gasteiger partial charge in [-0.25, -0.2) is 14.2 Å². The van der Waals surface area contributed by atoms with Crippen LogP contribution >= 0.6 is 11.3 Å². The van der Waals surface area contributed by atoms with Crippen LogP contribution in [0.1, 0.15) is 29.7 Å². The number of para-hydroxylation sites is 1. The van der Waals surface area contributed by atoms with Crippen LogP contribution in [0.4, 0.5) is 4.39 Å². The van der Waals surface area contributed by atoms with E-state index >= 15 is 0 Å². The summed E-state index contributed by atoms with van der Waals surface area (Å²) in [5.74, 6) is -0.378. The van der Waals surface area contributed by atoms with Crippen molar-refractivity contribution < 1.29 is 18.7 Å². The highest BCUT2D eigenvalue weighted by Crippen LogP contribution is 2.35. The maximum absolute atomic E-state index is 13.9. The quantitative estimate of drug-likeness (QED) is 0.364. The van der Waals surface area contributed by atoms with Gasteiger partial charge in [-0.3, -0.25) is 9.36 Å². The summed E-state index contributed by atoms with van der Waals surface area (Å²) in [7, 11) is 1.57. The van der Waals surface area contributed by atoms with Crippen molar-refractivity contribution in [2.24, 2.45) is 4.99 Å². The molecule has 0 spiro atoms. The molecule has 8 heteroatoms. The molecule has 0 bridgehead atoms. The number of fused-ring (bicyclic) bond motifs is 1. The maximum atomic E-state index is 13.9. The van der Waals surface area contributed by atoms with Crippen molar-refractivity contribution in [3.05, 3.63) is 127 Å². The van der Waals surface area contributed by atoms with Crippen LogP contribution in [0.5, 0.6) is 5.75 Å². The second-order valence-electron chi connectivity index (χ2n) is 8.22. The van der Waals surface area contributed by atoms with Crippen molar-refractivity contribution in [2.75, 3.05) is 13.7 Å². The molecule has 0 saturated heterocycles. The normalized spacial score (nSPS) is 15.2. The van der Waals surface area contributed by atoms with Crippen LogP contribution in [0.2, 0.25) is 0 Å². The second-order valence-corrected chi connectivity index (χ2v) is 9.23. The summed E-state index contributed by atoms with van der Waals surface area (Å²) in [5.41, 5.74) is 2.33. The fraction of sp³-hybridized carbons (Fsp3) is 0.138. The van der Waals surface area contributed by atoms with Crippen LogP contribution in [0.3, 0.4) is 0 Å². The second kappa shape index (κ2) is 10.4. The van der Waals surface area contributed by atoms with Gasteiger partial charge in [0, 0.05) is 11.1 Å². The molecule has 1 aromatic heterocycles. The molecule has 0 N–H and O–H groups in total. The standard InChI is InChI=1S/C29H23FN2O4S/c1-3-36-28(34)24-25(18-9-5-4-6-10-18)31-29-32(26(24)19-13-15-21(30)16-14-19)27(33)23(37-29)17-20-11-7-8-12-22(20)35-2/h4-17,26H,3H2,1-2H3/b23-17+/t26-/m1/s1. The van der Waals surface area contributed by atoms with E-state index in [0.717, 1.165) is 5.56 Å². The van der Waals surface area contributed by atoms with Crippen LogP contribution in [0.15, 0.2) is 94.2 Å². The molecule has 6 nitrogen and oxygen atoms in total. The molecule has 0 amide bonds. The average molecular weight is 515 g/mol. The number of ether oxygens (including phenoxy) is 2. The zero-order valence-electron chi connectivity index (χ0n) is 20.2. The minimum absolute atomic E-state index is 0.152. The largest absolute Gasteiger partial charge is 0.496 e. The van der Waals surface area contributed by atoms with Crippen molar-refractivity contribution in [2.45, 2.75) is 13.0 Å². The average Bonchev–Trinajstić information content (AvgIpc) is 3.23. The molecule has 0 unspecified atom stereocenters. The highest BCUT2D eigenvalue weighted by molar-refractivity contribution is 7.07. The van der Waals surface area contributed by atoms with E-state index in [9.17, 15) is 14.0 Å². The molecule has 0 saturated carbocycles. The summed E-state index contributed by atoms with van der Waals surface area (Å²) in [6.07, 6.45) is 1.75. The molecule has 1 atom stereocenters. The zero-order valence-corrected chi connectivity index (χ0v) is 21.0. The molecular formula is C29H23FN2O4S. The number of carbonyl (C=O) groups excluding carboxylic acids is 1. The minimum Gasteiger partial charge on any atom is -0.496 e. The lowest BCUT2D eigenvalue weighted by molar-refractivity contribution is -0.138. The number of aromatic nitrogens is 1. The summed E-state index contributed by atoms with van der Waals surface area (Å²) in [4.78, 5) is 32.4. The zero-order chi connectivity index (χ0) is 25.9. The van der Waals surface area contributed by atoms with E-state index in [2.05, 4.69) is 0 Å². The van der Waals surface area contributed by atoms with Gasteiger partial charge in [0.2, 0.25) is 0 Å². The van der Waals surface area contributed by atoms with Gasteiger partial charge in [-0.15, -0.1) is 0 Å². The first kappa shape index (κ1) is 24.4. The summed E-state index contributed by atoms with van der Waals surface area (Å²) in [6.45, 7) is 1.87. The van der Waals surface area contributed by atoms with Crippen molar-refractivity contribution >= 4 is 29.1 Å². The Hall–Kier alpha value is -4.30. The number of nitrogens with zero attached hydrogens (tertiary/aromatic N) is 2. The van der Waals surface area contributed by atoms with E-state index in [4.69, 9.17) is 14.5 Å². The fourth-order valence-electron chi connectivity index (χ4n) is 4.33. The van der Waals surface area contributed by atoms with E-state index in [1.807, 2.05) is 54.6 Å². The van der Waals surface area contributed by atoms with E-state index in [1.54, 1.807) is 32.2 Å². The maximum Gasteiger partial charge on any atom is 0.338 e. The Labute approximate surface area is 216 Å². The van der Waals surface area contributed by atoms with Crippen LogP contribution < -0.4 is 19.6 Å². The number of hydrogen-bond donors (Lipinski definition) is 0. The van der Waals surface area contributed by atoms with Gasteiger partial charge in [-0.2, -0.15) is 0 Å². The summed E-state index contributed by atoms with van der Waals surface area (Å²) in [6, 6.07) is 21.6. The number of hydrogen-bond acceptors (Lipinski definition) is 6. The highest BCUT2D eigenvalue weighted by atomic mass is 32.1. The van der Waals surface area contributed by atoms with Crippen molar-refractivity contribution in [1.29, 1.82) is 0 Å². The molecule has 0 fully saturated rings. The Morgan fingerprint density at radius 3 is 2.46 bits per heavy atom. The first-order valence-corrected chi connectivity index (χ1v) is 12.5. The third kappa shape index (κ3) is 4.63. The molecule has 37 heavy (non-hydrogen) atoms. The molecule has 186 valence electrons. The molecule has 3 aromatic carbocycles. The van der Waals surface area contributed by atoms with Crippen LogP contribution in [0.25, 0.3) is 11.8 Å². The number of esters is 1. The molecule has 4 aromatic rings. The number of benzene rings is 3. The number of methoxy groups -OCH3 is 1. The Morgan fingerprint density at radius 1 is 1.05 bits per heavy atom. The number of thiazole rings is 1. The summed E-state index contributed by atoms with van der Waals surface area (Å²) >= 11 is 1.22. The molecule has 0 radical (unpaired) electrons. The third-order valence-corrected chi connectivity index (χ3v) is 6.97. The predicted octanol–water partition coefficient (Wildman–Crippen LogP) is 4.08. The summed E-state index contributed by atoms with van der Waals surface area (Å²) in [5, 5.41) is 0. The molecule has 1 aliphatic rings. The summed E-state index contributed by atoms with van der Waals surface area (Å²) < 4.78 is 26.6. The Balaban J connectivity index is 1.84.